The van der Waals surface area contributed by atoms with Gasteiger partial charge in [0.1, 0.15) is 24.2 Å². The van der Waals surface area contributed by atoms with Crippen molar-refractivity contribution in [2.75, 3.05) is 6.54 Å². The molecule has 0 amide bonds. The number of aliphatic imine (C=N–C) groups is 1. The average Bonchev–Trinajstić information content (AvgIpc) is 2.82. The van der Waals surface area contributed by atoms with Crippen LogP contribution in [-0.2, 0) is 28.8 Å². The number of hydrogen-bond donors (Lipinski definition) is 12. The van der Waals surface area contributed by atoms with Crippen LogP contribution in [0.4, 0.5) is 0 Å². The molecule has 0 saturated heterocycles. The quantitative estimate of drug-likeness (QED) is 0.0493. The predicted molar refractivity (Wildman–Crippen MR) is 141 cm³/mol. The van der Waals surface area contributed by atoms with E-state index in [0.29, 0.717) is 25.8 Å². The van der Waals surface area contributed by atoms with Crippen molar-refractivity contribution >= 4 is 41.8 Å². The molecule has 0 bridgehead atoms. The van der Waals surface area contributed by atoms with Crippen LogP contribution in [0, 0.1) is 0 Å². The molecule has 0 rings (SSSR count). The van der Waals surface area contributed by atoms with Gasteiger partial charge in [0.15, 0.2) is 5.96 Å². The molecule has 18 N–H and O–H groups in total. The summed E-state index contributed by atoms with van der Waals surface area (Å²) in [7, 11) is 0. The highest BCUT2D eigenvalue weighted by Gasteiger charge is 2.14. The van der Waals surface area contributed by atoms with E-state index in [1.165, 1.54) is 0 Å². The van der Waals surface area contributed by atoms with Gasteiger partial charge in [0, 0.05) is 13.0 Å². The smallest absolute Gasteiger partial charge is 0.321 e. The number of nitrogens with zero attached hydrogens (tertiary/aromatic N) is 1. The van der Waals surface area contributed by atoms with Crippen LogP contribution in [0.25, 0.3) is 0 Å². The number of carboxylic acids is 6. The van der Waals surface area contributed by atoms with Crippen LogP contribution in [0.2, 0.25) is 0 Å². The zero-order chi connectivity index (χ0) is 32.4. The lowest BCUT2D eigenvalue weighted by Crippen LogP contribution is -2.32. The van der Waals surface area contributed by atoms with Gasteiger partial charge in [-0.3, -0.25) is 33.8 Å². The fraction of sp³-hybridized carbons (Fsp3) is 0.667. The Hall–Kier alpha value is -4.07. The van der Waals surface area contributed by atoms with E-state index in [1.54, 1.807) is 0 Å². The third-order valence-electron chi connectivity index (χ3n) is 4.15. The highest BCUT2D eigenvalue weighted by atomic mass is 16.4. The highest BCUT2D eigenvalue weighted by molar-refractivity contribution is 5.80. The van der Waals surface area contributed by atoms with Gasteiger partial charge in [0.25, 0.3) is 0 Å². The first-order valence-electron chi connectivity index (χ1n) is 11.7. The van der Waals surface area contributed by atoms with Gasteiger partial charge in [-0.2, -0.15) is 0 Å². The Labute approximate surface area is 230 Å². The highest BCUT2D eigenvalue weighted by Crippen LogP contribution is 1.99. The van der Waals surface area contributed by atoms with Crippen molar-refractivity contribution in [2.24, 2.45) is 39.4 Å². The summed E-state index contributed by atoms with van der Waals surface area (Å²) >= 11 is 0. The summed E-state index contributed by atoms with van der Waals surface area (Å²) < 4.78 is 0. The molecule has 0 aliphatic carbocycles. The van der Waals surface area contributed by atoms with Gasteiger partial charge in [-0.05, 0) is 32.1 Å². The van der Waals surface area contributed by atoms with Crippen molar-refractivity contribution in [3.8, 4) is 0 Å². The van der Waals surface area contributed by atoms with Crippen molar-refractivity contribution in [3.63, 3.8) is 0 Å². The number of unbranched alkanes of at least 4 members (excludes halogenated alkanes) is 1. The molecule has 0 aromatic heterocycles. The molecule has 19 nitrogen and oxygen atoms in total. The maximum atomic E-state index is 10.3. The van der Waals surface area contributed by atoms with Crippen LogP contribution in [0.1, 0.15) is 58.3 Å². The van der Waals surface area contributed by atoms with Gasteiger partial charge in [-0.15, -0.1) is 0 Å². The third kappa shape index (κ3) is 36.1. The van der Waals surface area contributed by atoms with Crippen LogP contribution in [0.3, 0.4) is 0 Å². The molecule has 40 heavy (non-hydrogen) atoms. The molecule has 0 aromatic rings. The van der Waals surface area contributed by atoms with Gasteiger partial charge in [-0.25, -0.2) is 0 Å². The SMILES string of the molecule is CCC[C@H](N)C(=O)O.NC(N)=NCCCC[C@H](N)C(=O)O.N[C@@H](CCC(=O)O)C(=O)O.N[C@H](CC(=O)O)C(=O)O. The molecular weight excluding hydrogens is 542 g/mol. The number of carboxylic acid groups (broad SMARTS) is 6. The number of hydrogen-bond acceptors (Lipinski definition) is 11. The molecule has 19 heteroatoms. The van der Waals surface area contributed by atoms with Crippen LogP contribution >= 0.6 is 0 Å². The minimum atomic E-state index is -1.29. The normalized spacial score (nSPS) is 12.5. The molecular formula is C21H43N7O12. The Balaban J connectivity index is -0.000000220. The minimum absolute atomic E-state index is 0.0231. The first-order valence-corrected chi connectivity index (χ1v) is 11.7. The number of guanidine groups is 1. The van der Waals surface area contributed by atoms with E-state index < -0.39 is 66.4 Å². The number of nitrogens with two attached hydrogens (primary N) is 6. The van der Waals surface area contributed by atoms with Gasteiger partial charge < -0.3 is 65.0 Å². The molecule has 0 heterocycles. The Bertz CT molecular complexity index is 807. The largest absolute Gasteiger partial charge is 0.481 e. The average molecular weight is 586 g/mol. The Morgan fingerprint density at radius 3 is 1.27 bits per heavy atom. The lowest BCUT2D eigenvalue weighted by molar-refractivity contribution is -0.144. The summed E-state index contributed by atoms with van der Waals surface area (Å²) in [6.07, 6.45) is 2.55. The van der Waals surface area contributed by atoms with Crippen molar-refractivity contribution < 1.29 is 59.4 Å². The van der Waals surface area contributed by atoms with Gasteiger partial charge in [0.05, 0.1) is 6.42 Å². The van der Waals surface area contributed by atoms with Crippen LogP contribution in [-0.4, -0.2) is 103 Å². The van der Waals surface area contributed by atoms with Gasteiger partial charge in [0.2, 0.25) is 0 Å². The number of carbonyl (C=O) groups is 6. The maximum Gasteiger partial charge on any atom is 0.321 e. The lowest BCUT2D eigenvalue weighted by atomic mass is 10.1. The summed E-state index contributed by atoms with van der Waals surface area (Å²) in [5, 5.41) is 48.9. The predicted octanol–water partition coefficient (Wildman–Crippen LogP) is -2.82. The number of rotatable bonds is 16. The molecule has 0 spiro atoms. The summed E-state index contributed by atoms with van der Waals surface area (Å²) in [6.45, 7) is 2.43. The van der Waals surface area contributed by atoms with E-state index in [1.807, 2.05) is 6.92 Å². The van der Waals surface area contributed by atoms with Crippen molar-refractivity contribution in [2.45, 2.75) is 82.5 Å². The topological polar surface area (TPSA) is 392 Å². The molecule has 0 aliphatic rings. The second-order valence-corrected chi connectivity index (χ2v) is 7.90. The van der Waals surface area contributed by atoms with Crippen LogP contribution < -0.4 is 34.4 Å². The standard InChI is InChI=1S/C7H16N4O2.C5H9NO4.C5H11NO2.C4H7NO4/c8-5(6(12)13)3-1-2-4-11-7(9)10;6-3(5(9)10)1-2-4(7)8;1-2-3-4(6)5(7)8;5-2(4(8)9)1-3(6)7/h5H,1-4,8H2,(H,12,13)(H4,9,10,11);3H,1-2,6H2,(H,7,8)(H,9,10);4H,2-3,6H2,1H3,(H,7,8);2H,1,5H2,(H,6,7)(H,8,9)/t5-;3-;4-;2-/m0001/s1. The van der Waals surface area contributed by atoms with Gasteiger partial charge in [-0.1, -0.05) is 13.3 Å². The fourth-order valence-corrected chi connectivity index (χ4v) is 1.92. The van der Waals surface area contributed by atoms with Crippen molar-refractivity contribution in [1.82, 2.24) is 0 Å². The molecule has 0 aliphatic heterocycles. The van der Waals surface area contributed by atoms with Crippen LogP contribution in [0.5, 0.6) is 0 Å². The Morgan fingerprint density at radius 1 is 0.600 bits per heavy atom. The van der Waals surface area contributed by atoms with E-state index in [9.17, 15) is 28.8 Å². The molecule has 234 valence electrons. The molecule has 4 atom stereocenters. The van der Waals surface area contributed by atoms with E-state index in [2.05, 4.69) is 4.99 Å². The zero-order valence-electron chi connectivity index (χ0n) is 22.2. The second kappa shape index (κ2) is 26.5. The first-order chi connectivity index (χ1) is 18.3. The first kappa shape index (κ1) is 43.0. The van der Waals surface area contributed by atoms with Crippen molar-refractivity contribution in [1.29, 1.82) is 0 Å². The monoisotopic (exact) mass is 585 g/mol. The molecule has 0 unspecified atom stereocenters. The van der Waals surface area contributed by atoms with E-state index in [4.69, 9.17) is 65.0 Å². The van der Waals surface area contributed by atoms with Crippen molar-refractivity contribution in [3.05, 3.63) is 0 Å². The number of aliphatic carboxylic acids is 6. The summed E-state index contributed by atoms with van der Waals surface area (Å²) in [6, 6.07) is -3.79. The van der Waals surface area contributed by atoms with Crippen LogP contribution in [0.15, 0.2) is 4.99 Å². The minimum Gasteiger partial charge on any atom is -0.481 e. The van der Waals surface area contributed by atoms with E-state index in [-0.39, 0.29) is 18.8 Å². The second-order valence-electron chi connectivity index (χ2n) is 7.90. The zero-order valence-corrected chi connectivity index (χ0v) is 22.2. The summed E-state index contributed by atoms with van der Waals surface area (Å²) in [4.78, 5) is 63.5. The molecule has 0 fully saturated rings. The third-order valence-corrected chi connectivity index (χ3v) is 4.15. The fourth-order valence-electron chi connectivity index (χ4n) is 1.92. The molecule has 0 aromatic carbocycles. The Morgan fingerprint density at radius 2 is 1.00 bits per heavy atom. The summed E-state index contributed by atoms with van der Waals surface area (Å²) in [5.74, 6) is -6.52. The lowest BCUT2D eigenvalue weighted by Gasteiger charge is -2.04. The maximum absolute atomic E-state index is 10.3. The molecule has 0 radical (unpaired) electrons. The van der Waals surface area contributed by atoms with E-state index >= 15 is 0 Å². The van der Waals surface area contributed by atoms with E-state index in [0.717, 1.165) is 12.8 Å². The van der Waals surface area contributed by atoms with Gasteiger partial charge >= 0.3 is 35.8 Å². The summed E-state index contributed by atoms with van der Waals surface area (Å²) in [5.41, 5.74) is 30.4. The molecule has 0 saturated carbocycles. The Kier molecular flexibility index (Phi) is 28.5.